The van der Waals surface area contributed by atoms with Crippen LogP contribution in [0.3, 0.4) is 0 Å². The van der Waals surface area contributed by atoms with E-state index in [0.29, 0.717) is 11.6 Å². The fourth-order valence-electron chi connectivity index (χ4n) is 4.93. The molecule has 8 nitrogen and oxygen atoms in total. The van der Waals surface area contributed by atoms with Crippen LogP contribution < -0.4 is 10.6 Å². The number of aliphatic hydroxyl groups excluding tert-OH is 1. The van der Waals surface area contributed by atoms with Crippen LogP contribution in [0.4, 0.5) is 10.5 Å². The number of carbonyl (C=O) groups excluding carboxylic acids is 3. The van der Waals surface area contributed by atoms with E-state index in [0.717, 1.165) is 0 Å². The molecule has 0 aromatic heterocycles. The Kier molecular flexibility index (Phi) is 6.36. The number of benzene rings is 1. The summed E-state index contributed by atoms with van der Waals surface area (Å²) in [4.78, 5) is 39.3. The number of nitrogens with one attached hydrogen (secondary N) is 2. The normalized spacial score (nSPS) is 23.7. The van der Waals surface area contributed by atoms with Crippen molar-refractivity contribution in [2.75, 3.05) is 18.4 Å². The van der Waals surface area contributed by atoms with Gasteiger partial charge in [0.25, 0.3) is 11.8 Å². The first-order valence-corrected chi connectivity index (χ1v) is 11.8. The van der Waals surface area contributed by atoms with Gasteiger partial charge in [-0.15, -0.1) is 0 Å². The Morgan fingerprint density at radius 2 is 1.76 bits per heavy atom. The number of amides is 3. The van der Waals surface area contributed by atoms with E-state index in [-0.39, 0.29) is 24.4 Å². The fraction of sp³-hybridized carbons (Fsp3) is 0.560. The van der Waals surface area contributed by atoms with Gasteiger partial charge in [-0.25, -0.2) is 4.79 Å². The number of hydrogen-bond acceptors (Lipinski definition) is 5. The maximum Gasteiger partial charge on any atom is 0.410 e. The van der Waals surface area contributed by atoms with Crippen molar-refractivity contribution >= 4 is 23.6 Å². The Hall–Kier alpha value is -3.03. The molecule has 3 amide bonds. The van der Waals surface area contributed by atoms with Crippen molar-refractivity contribution in [2.45, 2.75) is 70.4 Å². The van der Waals surface area contributed by atoms with E-state index >= 15 is 0 Å². The average Bonchev–Trinajstić information content (AvgIpc) is 3.18. The number of carbonyl (C=O) groups is 3. The van der Waals surface area contributed by atoms with Gasteiger partial charge in [-0.3, -0.25) is 9.59 Å². The Morgan fingerprint density at radius 1 is 1.09 bits per heavy atom. The molecule has 0 unspecified atom stereocenters. The molecule has 3 N–H and O–H groups in total. The van der Waals surface area contributed by atoms with Gasteiger partial charge in [0.15, 0.2) is 0 Å². The molecule has 178 valence electrons. The predicted molar refractivity (Wildman–Crippen MR) is 124 cm³/mol. The first-order chi connectivity index (χ1) is 15.6. The average molecular weight is 456 g/mol. The summed E-state index contributed by atoms with van der Waals surface area (Å²) >= 11 is 0. The molecule has 2 fully saturated rings. The van der Waals surface area contributed by atoms with Crippen molar-refractivity contribution in [1.29, 1.82) is 0 Å². The van der Waals surface area contributed by atoms with E-state index in [9.17, 15) is 19.5 Å². The number of likely N-dealkylation sites (tertiary alicyclic amines) is 1. The van der Waals surface area contributed by atoms with E-state index in [1.807, 2.05) is 24.3 Å². The Balaban J connectivity index is 1.44. The lowest BCUT2D eigenvalue weighted by molar-refractivity contribution is -0.123. The number of ether oxygens (including phenoxy) is 1. The summed E-state index contributed by atoms with van der Waals surface area (Å²) in [5, 5.41) is 16.3. The van der Waals surface area contributed by atoms with E-state index in [4.69, 9.17) is 4.74 Å². The van der Waals surface area contributed by atoms with Gasteiger partial charge in [0.1, 0.15) is 16.9 Å². The summed E-state index contributed by atoms with van der Waals surface area (Å²) in [6.07, 6.45) is 5.66. The van der Waals surface area contributed by atoms with Gasteiger partial charge >= 0.3 is 6.09 Å². The zero-order chi connectivity index (χ0) is 23.8. The SMILES string of the molecule is CC(C)(C)OC(=O)N1C[C@H]2NC(=O)C(C(=O)Nc3ccc(C4CCCCC4)cc3)=C(O)[C@@H]2C1. The molecule has 33 heavy (non-hydrogen) atoms. The lowest BCUT2D eigenvalue weighted by Gasteiger charge is -2.26. The van der Waals surface area contributed by atoms with Crippen molar-refractivity contribution < 1.29 is 24.2 Å². The van der Waals surface area contributed by atoms with Crippen molar-refractivity contribution in [3.63, 3.8) is 0 Å². The summed E-state index contributed by atoms with van der Waals surface area (Å²) in [7, 11) is 0. The van der Waals surface area contributed by atoms with Crippen LogP contribution in [-0.4, -0.2) is 52.6 Å². The molecule has 1 aliphatic carbocycles. The van der Waals surface area contributed by atoms with Crippen molar-refractivity contribution in [1.82, 2.24) is 10.2 Å². The second kappa shape index (κ2) is 9.08. The molecule has 0 spiro atoms. The quantitative estimate of drug-likeness (QED) is 0.600. The molecule has 1 saturated heterocycles. The van der Waals surface area contributed by atoms with Crippen molar-refractivity contribution in [3.05, 3.63) is 41.2 Å². The van der Waals surface area contributed by atoms with Gasteiger partial charge in [0.05, 0.1) is 12.0 Å². The minimum absolute atomic E-state index is 0.165. The van der Waals surface area contributed by atoms with Gasteiger partial charge in [-0.05, 0) is 57.2 Å². The van der Waals surface area contributed by atoms with Crippen LogP contribution in [0.2, 0.25) is 0 Å². The lowest BCUT2D eigenvalue weighted by Crippen LogP contribution is -2.48. The third kappa shape index (κ3) is 5.15. The topological polar surface area (TPSA) is 108 Å². The summed E-state index contributed by atoms with van der Waals surface area (Å²) in [6.45, 7) is 5.71. The molecule has 4 rings (SSSR count). The standard InChI is InChI=1S/C25H33N3O5/c1-25(2,3)33-24(32)28-13-18-19(14-28)27-23(31)20(21(18)29)22(30)26-17-11-9-16(10-12-17)15-7-5-4-6-8-15/h9-12,15,18-19,29H,4-8,13-14H2,1-3H3,(H,26,30)(H,27,31)/t18-,19-/m1/s1. The molecule has 8 heteroatoms. The van der Waals surface area contributed by atoms with E-state index in [1.165, 1.54) is 42.6 Å². The van der Waals surface area contributed by atoms with Crippen LogP contribution in [-0.2, 0) is 14.3 Å². The third-order valence-corrected chi connectivity index (χ3v) is 6.59. The Labute approximate surface area is 194 Å². The highest BCUT2D eigenvalue weighted by Gasteiger charge is 2.46. The minimum Gasteiger partial charge on any atom is -0.511 e. The zero-order valence-electron chi connectivity index (χ0n) is 19.5. The van der Waals surface area contributed by atoms with Crippen LogP contribution in [0.25, 0.3) is 0 Å². The predicted octanol–water partition coefficient (Wildman–Crippen LogP) is 3.85. The van der Waals surface area contributed by atoms with Crippen LogP contribution in [0, 0.1) is 5.92 Å². The van der Waals surface area contributed by atoms with E-state index in [1.54, 1.807) is 20.8 Å². The van der Waals surface area contributed by atoms with Crippen LogP contribution in [0.5, 0.6) is 0 Å². The Bertz CT molecular complexity index is 957. The van der Waals surface area contributed by atoms with Gasteiger partial charge in [-0.1, -0.05) is 31.4 Å². The lowest BCUT2D eigenvalue weighted by atomic mass is 9.84. The van der Waals surface area contributed by atoms with Gasteiger partial charge in [-0.2, -0.15) is 0 Å². The number of nitrogens with zero attached hydrogens (tertiary/aromatic N) is 1. The smallest absolute Gasteiger partial charge is 0.410 e. The van der Waals surface area contributed by atoms with Crippen molar-refractivity contribution in [2.24, 2.45) is 5.92 Å². The van der Waals surface area contributed by atoms with Crippen LogP contribution >= 0.6 is 0 Å². The number of hydrogen-bond donors (Lipinski definition) is 3. The number of anilines is 1. The molecule has 1 aromatic carbocycles. The summed E-state index contributed by atoms with van der Waals surface area (Å²) < 4.78 is 5.39. The third-order valence-electron chi connectivity index (χ3n) is 6.59. The Morgan fingerprint density at radius 3 is 2.39 bits per heavy atom. The fourth-order valence-corrected chi connectivity index (χ4v) is 4.93. The molecule has 0 radical (unpaired) electrons. The second-order valence-corrected chi connectivity index (χ2v) is 10.2. The molecule has 0 bridgehead atoms. The summed E-state index contributed by atoms with van der Waals surface area (Å²) in [6, 6.07) is 7.25. The molecule has 3 aliphatic rings. The first kappa shape index (κ1) is 23.1. The van der Waals surface area contributed by atoms with Gasteiger partial charge in [0.2, 0.25) is 0 Å². The molecule has 2 atom stereocenters. The van der Waals surface area contributed by atoms with Crippen molar-refractivity contribution in [3.8, 4) is 0 Å². The summed E-state index contributed by atoms with van der Waals surface area (Å²) in [5.41, 5.74) is 0.875. The first-order valence-electron chi connectivity index (χ1n) is 11.8. The molecule has 1 aromatic rings. The highest BCUT2D eigenvalue weighted by atomic mass is 16.6. The van der Waals surface area contributed by atoms with Gasteiger partial charge in [0, 0.05) is 18.8 Å². The zero-order valence-corrected chi connectivity index (χ0v) is 19.5. The van der Waals surface area contributed by atoms with E-state index < -0.39 is 35.5 Å². The molecular formula is C25H33N3O5. The van der Waals surface area contributed by atoms with Gasteiger partial charge < -0.3 is 25.4 Å². The van der Waals surface area contributed by atoms with E-state index in [2.05, 4.69) is 10.6 Å². The highest BCUT2D eigenvalue weighted by Crippen LogP contribution is 2.33. The van der Waals surface area contributed by atoms with Crippen LogP contribution in [0.15, 0.2) is 35.6 Å². The number of aliphatic hydroxyl groups is 1. The second-order valence-electron chi connectivity index (χ2n) is 10.2. The largest absolute Gasteiger partial charge is 0.511 e. The summed E-state index contributed by atoms with van der Waals surface area (Å²) in [5.74, 6) is -1.58. The minimum atomic E-state index is -0.662. The number of rotatable bonds is 3. The monoisotopic (exact) mass is 455 g/mol. The molecule has 2 aliphatic heterocycles. The maximum absolute atomic E-state index is 12.9. The van der Waals surface area contributed by atoms with Crippen LogP contribution in [0.1, 0.15) is 64.4 Å². The maximum atomic E-state index is 12.9. The molecule has 2 heterocycles. The molecular weight excluding hydrogens is 422 g/mol. The highest BCUT2D eigenvalue weighted by molar-refractivity contribution is 6.23. The number of fused-ring (bicyclic) bond motifs is 1. The molecule has 1 saturated carbocycles.